The van der Waals surface area contributed by atoms with Gasteiger partial charge in [0.2, 0.25) is 11.2 Å². The Bertz CT molecular complexity index is 942. The van der Waals surface area contributed by atoms with E-state index in [9.17, 15) is 15.0 Å². The Labute approximate surface area is 136 Å². The predicted molar refractivity (Wildman–Crippen MR) is 85.4 cm³/mol. The van der Waals surface area contributed by atoms with E-state index in [1.54, 1.807) is 0 Å². The fraction of sp³-hybridized carbons (Fsp3) is 0.118. The summed E-state index contributed by atoms with van der Waals surface area (Å²) in [6.45, 7) is 0. The summed E-state index contributed by atoms with van der Waals surface area (Å²) >= 11 is 0. The summed E-state index contributed by atoms with van der Waals surface area (Å²) in [6, 6.07) is 8.44. The van der Waals surface area contributed by atoms with E-state index in [4.69, 9.17) is 18.6 Å². The Kier molecular flexibility index (Phi) is 3.91. The predicted octanol–water partition coefficient (Wildman–Crippen LogP) is 3.01. The third-order valence-electron chi connectivity index (χ3n) is 3.34. The third kappa shape index (κ3) is 2.67. The van der Waals surface area contributed by atoms with Gasteiger partial charge in [0.15, 0.2) is 0 Å². The molecule has 7 heteroatoms. The molecule has 0 bridgehead atoms. The van der Waals surface area contributed by atoms with Crippen molar-refractivity contribution >= 4 is 11.0 Å². The molecule has 2 aromatic carbocycles. The molecular formula is C17H14O7. The van der Waals surface area contributed by atoms with Crippen LogP contribution in [0.1, 0.15) is 0 Å². The van der Waals surface area contributed by atoms with E-state index >= 15 is 0 Å². The van der Waals surface area contributed by atoms with Crippen LogP contribution in [-0.4, -0.2) is 24.4 Å². The second-order valence-corrected chi connectivity index (χ2v) is 4.87. The van der Waals surface area contributed by atoms with Gasteiger partial charge in [-0.1, -0.05) is 0 Å². The van der Waals surface area contributed by atoms with Crippen LogP contribution in [0.3, 0.4) is 0 Å². The van der Waals surface area contributed by atoms with Gasteiger partial charge in [-0.2, -0.15) is 0 Å². The van der Waals surface area contributed by atoms with Crippen LogP contribution in [-0.2, 0) is 0 Å². The van der Waals surface area contributed by atoms with Gasteiger partial charge < -0.3 is 28.8 Å². The first-order valence-corrected chi connectivity index (χ1v) is 6.92. The maximum atomic E-state index is 12.6. The van der Waals surface area contributed by atoms with Crippen molar-refractivity contribution in [2.24, 2.45) is 0 Å². The van der Waals surface area contributed by atoms with E-state index < -0.39 is 5.43 Å². The van der Waals surface area contributed by atoms with Gasteiger partial charge in [-0.25, -0.2) is 0 Å². The molecule has 0 amide bonds. The van der Waals surface area contributed by atoms with Gasteiger partial charge in [0.25, 0.3) is 0 Å². The molecule has 7 nitrogen and oxygen atoms in total. The van der Waals surface area contributed by atoms with E-state index in [0.29, 0.717) is 5.75 Å². The highest BCUT2D eigenvalue weighted by Crippen LogP contribution is 2.36. The molecule has 0 fully saturated rings. The molecule has 1 heterocycles. The zero-order valence-corrected chi connectivity index (χ0v) is 12.9. The zero-order chi connectivity index (χ0) is 17.3. The molecular weight excluding hydrogens is 316 g/mol. The number of hydrogen-bond acceptors (Lipinski definition) is 7. The molecule has 24 heavy (non-hydrogen) atoms. The average Bonchev–Trinajstić information content (AvgIpc) is 2.56. The Morgan fingerprint density at radius 3 is 2.29 bits per heavy atom. The summed E-state index contributed by atoms with van der Waals surface area (Å²) in [6.07, 6.45) is 0. The van der Waals surface area contributed by atoms with Crippen molar-refractivity contribution in [1.82, 2.24) is 0 Å². The number of phenols is 2. The summed E-state index contributed by atoms with van der Waals surface area (Å²) in [5.41, 5.74) is -0.407. The van der Waals surface area contributed by atoms with Crippen molar-refractivity contribution in [3.63, 3.8) is 0 Å². The zero-order valence-electron chi connectivity index (χ0n) is 12.9. The molecule has 2 N–H and O–H groups in total. The van der Waals surface area contributed by atoms with Crippen molar-refractivity contribution in [1.29, 1.82) is 0 Å². The molecule has 0 aliphatic rings. The third-order valence-corrected chi connectivity index (χ3v) is 3.34. The summed E-state index contributed by atoms with van der Waals surface area (Å²) in [5.74, 6) is 0.133. The molecule has 0 spiro atoms. The normalized spacial score (nSPS) is 10.6. The maximum absolute atomic E-state index is 12.6. The van der Waals surface area contributed by atoms with Crippen LogP contribution in [0.2, 0.25) is 0 Å². The first-order chi connectivity index (χ1) is 11.5. The Hall–Kier alpha value is -3.35. The number of fused-ring (bicyclic) bond motifs is 1. The van der Waals surface area contributed by atoms with E-state index in [2.05, 4.69) is 0 Å². The highest BCUT2D eigenvalue weighted by Gasteiger charge is 2.21. The van der Waals surface area contributed by atoms with Gasteiger partial charge in [0.05, 0.1) is 14.2 Å². The lowest BCUT2D eigenvalue weighted by Gasteiger charge is -2.11. The van der Waals surface area contributed by atoms with Crippen molar-refractivity contribution < 1.29 is 28.8 Å². The van der Waals surface area contributed by atoms with E-state index in [-0.39, 0.29) is 39.9 Å². The number of hydrogen-bond donors (Lipinski definition) is 2. The molecule has 0 saturated carbocycles. The number of aromatic hydroxyl groups is 2. The van der Waals surface area contributed by atoms with E-state index in [0.717, 1.165) is 0 Å². The molecule has 0 radical (unpaired) electrons. The van der Waals surface area contributed by atoms with Crippen LogP contribution in [0.25, 0.3) is 11.0 Å². The fourth-order valence-corrected chi connectivity index (χ4v) is 2.26. The van der Waals surface area contributed by atoms with Gasteiger partial charge in [0, 0.05) is 12.1 Å². The van der Waals surface area contributed by atoms with Crippen LogP contribution >= 0.6 is 0 Å². The molecule has 0 atom stereocenters. The van der Waals surface area contributed by atoms with Crippen molar-refractivity contribution in [2.75, 3.05) is 14.2 Å². The standard InChI is InChI=1S/C17H14O7/c1-21-12-7-10(19)8-13-14(12)15(20)16(22-2)17(24-13)23-11-5-3-9(18)4-6-11/h3-8,18-19H,1-2H3. The summed E-state index contributed by atoms with van der Waals surface area (Å²) < 4.78 is 21.3. The minimum absolute atomic E-state index is 0.0731. The highest BCUT2D eigenvalue weighted by atomic mass is 16.6. The van der Waals surface area contributed by atoms with Crippen LogP contribution in [0, 0.1) is 0 Å². The number of phenolic OH excluding ortho intramolecular Hbond substituents is 2. The minimum atomic E-state index is -0.496. The van der Waals surface area contributed by atoms with Crippen LogP contribution in [0.5, 0.6) is 34.7 Å². The number of ether oxygens (including phenoxy) is 3. The van der Waals surface area contributed by atoms with Crippen LogP contribution in [0.15, 0.2) is 45.6 Å². The van der Waals surface area contributed by atoms with Crippen LogP contribution < -0.4 is 19.6 Å². The van der Waals surface area contributed by atoms with E-state index in [1.165, 1.54) is 50.6 Å². The molecule has 1 aromatic heterocycles. The lowest BCUT2D eigenvalue weighted by atomic mass is 10.2. The molecule has 124 valence electrons. The number of rotatable bonds is 4. The lowest BCUT2D eigenvalue weighted by molar-refractivity contribution is 0.304. The maximum Gasteiger partial charge on any atom is 0.338 e. The topological polar surface area (TPSA) is 98.4 Å². The van der Waals surface area contributed by atoms with Crippen molar-refractivity contribution in [3.8, 4) is 34.7 Å². The van der Waals surface area contributed by atoms with Gasteiger partial charge in [0.1, 0.15) is 34.0 Å². The summed E-state index contributed by atoms with van der Waals surface area (Å²) in [7, 11) is 2.69. The second-order valence-electron chi connectivity index (χ2n) is 4.87. The highest BCUT2D eigenvalue weighted by molar-refractivity contribution is 5.86. The quantitative estimate of drug-likeness (QED) is 0.758. The van der Waals surface area contributed by atoms with Gasteiger partial charge >= 0.3 is 5.95 Å². The Morgan fingerprint density at radius 1 is 0.958 bits per heavy atom. The summed E-state index contributed by atoms with van der Waals surface area (Å²) in [5, 5.41) is 19.2. The minimum Gasteiger partial charge on any atom is -0.508 e. The second kappa shape index (κ2) is 6.04. The average molecular weight is 330 g/mol. The molecule has 3 aromatic rings. The molecule has 0 aliphatic heterocycles. The molecule has 0 aliphatic carbocycles. The molecule has 0 saturated heterocycles. The van der Waals surface area contributed by atoms with Crippen LogP contribution in [0.4, 0.5) is 0 Å². The summed E-state index contributed by atoms with van der Waals surface area (Å²) in [4.78, 5) is 12.6. The SMILES string of the molecule is COc1c(Oc2ccc(O)cc2)oc2cc(O)cc(OC)c2c1=O. The van der Waals surface area contributed by atoms with Crippen molar-refractivity contribution in [3.05, 3.63) is 46.6 Å². The lowest BCUT2D eigenvalue weighted by Crippen LogP contribution is -2.08. The number of benzene rings is 2. The fourth-order valence-electron chi connectivity index (χ4n) is 2.26. The van der Waals surface area contributed by atoms with Crippen molar-refractivity contribution in [2.45, 2.75) is 0 Å². The Balaban J connectivity index is 2.21. The smallest absolute Gasteiger partial charge is 0.338 e. The molecule has 3 rings (SSSR count). The van der Waals surface area contributed by atoms with Gasteiger partial charge in [-0.05, 0) is 24.3 Å². The Morgan fingerprint density at radius 2 is 1.67 bits per heavy atom. The van der Waals surface area contributed by atoms with Gasteiger partial charge in [-0.3, -0.25) is 4.79 Å². The van der Waals surface area contributed by atoms with E-state index in [1.807, 2.05) is 0 Å². The molecule has 0 unspecified atom stereocenters. The monoisotopic (exact) mass is 330 g/mol. The first kappa shape index (κ1) is 15.5. The first-order valence-electron chi connectivity index (χ1n) is 6.92. The van der Waals surface area contributed by atoms with Gasteiger partial charge in [-0.15, -0.1) is 0 Å². The largest absolute Gasteiger partial charge is 0.508 e. The number of methoxy groups -OCH3 is 2.